The molecular weight excluding hydrogens is 467 g/mol. The van der Waals surface area contributed by atoms with Gasteiger partial charge in [-0.2, -0.15) is 5.26 Å². The monoisotopic (exact) mass is 500 g/mol. The Morgan fingerprint density at radius 1 is 0.973 bits per heavy atom. The molecule has 0 unspecified atom stereocenters. The van der Waals surface area contributed by atoms with Crippen molar-refractivity contribution >= 4 is 11.6 Å². The minimum absolute atomic E-state index is 0.259. The smallest absolute Gasteiger partial charge is 0.228 e. The molecule has 5 rings (SSSR count). The first-order valence-electron chi connectivity index (χ1n) is 13.1. The van der Waals surface area contributed by atoms with Crippen LogP contribution in [-0.4, -0.2) is 48.0 Å². The lowest BCUT2D eigenvalue weighted by Crippen LogP contribution is -2.55. The number of hydrogen-bond acceptors (Lipinski definition) is 7. The molecule has 1 aromatic heterocycles. The van der Waals surface area contributed by atoms with Crippen molar-refractivity contribution in [2.45, 2.75) is 56.7 Å². The summed E-state index contributed by atoms with van der Waals surface area (Å²) in [5.74, 6) is 1.12. The minimum Gasteiger partial charge on any atom is -0.463 e. The summed E-state index contributed by atoms with van der Waals surface area (Å²) in [6.45, 7) is 1.16. The number of alkyl halides is 1. The largest absolute Gasteiger partial charge is 0.463 e. The fraction of sp³-hybridized carbons (Fsp3) is 0.414. The van der Waals surface area contributed by atoms with Gasteiger partial charge in [-0.15, -0.1) is 0 Å². The highest BCUT2D eigenvalue weighted by atomic mass is 19.1. The van der Waals surface area contributed by atoms with E-state index in [1.165, 1.54) is 18.5 Å². The number of hydrogen-bond donors (Lipinski definition) is 2. The Morgan fingerprint density at radius 3 is 2.51 bits per heavy atom. The SMILES string of the molecule is N#Cc1ccc(N2CCC[C@H](N[C@@H]3CCCC[C@H]3Nc3nccc(-c4ccc(OCF)cc4)n3)C2)cc1. The standard InChI is InChI=1S/C29H33FN6O/c30-20-37-25-13-9-22(10-14-25)26-15-16-32-29(34-26)35-28-6-2-1-5-27(28)33-23-4-3-17-36(19-23)24-11-7-21(18-31)8-12-24/h7-16,23,27-28,33H,1-6,17,19-20H2,(H,32,34,35)/t23-,27+,28+/m0/s1. The van der Waals surface area contributed by atoms with Crippen molar-refractivity contribution in [1.29, 1.82) is 5.26 Å². The van der Waals surface area contributed by atoms with Crippen molar-refractivity contribution in [2.24, 2.45) is 0 Å². The Hall–Kier alpha value is -3.70. The van der Waals surface area contributed by atoms with Crippen LogP contribution in [0.2, 0.25) is 0 Å². The number of aromatic nitrogens is 2. The van der Waals surface area contributed by atoms with E-state index in [9.17, 15) is 4.39 Å². The van der Waals surface area contributed by atoms with E-state index in [4.69, 9.17) is 15.0 Å². The summed E-state index contributed by atoms with van der Waals surface area (Å²) >= 11 is 0. The van der Waals surface area contributed by atoms with E-state index in [1.807, 2.05) is 30.3 Å². The molecule has 0 spiro atoms. The molecular formula is C29H33FN6O. The van der Waals surface area contributed by atoms with Crippen molar-refractivity contribution in [2.75, 3.05) is 30.2 Å². The van der Waals surface area contributed by atoms with Gasteiger partial charge in [0.1, 0.15) is 5.75 Å². The van der Waals surface area contributed by atoms with Crippen LogP contribution in [0.3, 0.4) is 0 Å². The van der Waals surface area contributed by atoms with Gasteiger partial charge in [-0.1, -0.05) is 12.8 Å². The van der Waals surface area contributed by atoms with E-state index in [0.717, 1.165) is 50.0 Å². The molecule has 2 aliphatic rings. The number of ether oxygens (including phenoxy) is 1. The maximum Gasteiger partial charge on any atom is 0.228 e. The highest BCUT2D eigenvalue weighted by Crippen LogP contribution is 2.26. The van der Waals surface area contributed by atoms with Gasteiger partial charge in [0.25, 0.3) is 0 Å². The van der Waals surface area contributed by atoms with Gasteiger partial charge in [0, 0.05) is 48.7 Å². The lowest BCUT2D eigenvalue weighted by Gasteiger charge is -2.40. The molecule has 1 aliphatic carbocycles. The lowest BCUT2D eigenvalue weighted by atomic mass is 9.89. The molecule has 192 valence electrons. The van der Waals surface area contributed by atoms with Gasteiger partial charge >= 0.3 is 0 Å². The molecule has 1 aliphatic heterocycles. The highest BCUT2D eigenvalue weighted by Gasteiger charge is 2.29. The number of benzene rings is 2. The summed E-state index contributed by atoms with van der Waals surface area (Å²) < 4.78 is 17.3. The zero-order valence-corrected chi connectivity index (χ0v) is 20.9. The fourth-order valence-corrected chi connectivity index (χ4v) is 5.44. The maximum absolute atomic E-state index is 12.4. The van der Waals surface area contributed by atoms with Gasteiger partial charge in [0.15, 0.2) is 0 Å². The fourth-order valence-electron chi connectivity index (χ4n) is 5.44. The van der Waals surface area contributed by atoms with Crippen molar-refractivity contribution in [3.63, 3.8) is 0 Å². The molecule has 2 heterocycles. The second-order valence-corrected chi connectivity index (χ2v) is 9.80. The van der Waals surface area contributed by atoms with Crippen LogP contribution in [-0.2, 0) is 0 Å². The number of rotatable bonds is 8. The number of halogens is 1. The second kappa shape index (κ2) is 12.0. The van der Waals surface area contributed by atoms with E-state index in [1.54, 1.807) is 18.3 Å². The van der Waals surface area contributed by atoms with Gasteiger partial charge in [0.05, 0.1) is 17.3 Å². The Kier molecular flexibility index (Phi) is 8.11. The average molecular weight is 501 g/mol. The van der Waals surface area contributed by atoms with E-state index in [0.29, 0.717) is 29.3 Å². The number of piperidine rings is 1. The van der Waals surface area contributed by atoms with Crippen LogP contribution in [0.25, 0.3) is 11.3 Å². The third-order valence-electron chi connectivity index (χ3n) is 7.34. The molecule has 0 bridgehead atoms. The molecule has 1 saturated heterocycles. The Balaban J connectivity index is 1.23. The third-order valence-corrected chi connectivity index (χ3v) is 7.34. The van der Waals surface area contributed by atoms with Crippen LogP contribution in [0.5, 0.6) is 5.75 Å². The lowest BCUT2D eigenvalue weighted by molar-refractivity contribution is 0.192. The zero-order valence-electron chi connectivity index (χ0n) is 20.9. The van der Waals surface area contributed by atoms with Crippen LogP contribution < -0.4 is 20.3 Å². The van der Waals surface area contributed by atoms with E-state index in [-0.39, 0.29) is 6.04 Å². The number of nitrogens with one attached hydrogen (secondary N) is 2. The van der Waals surface area contributed by atoms with Crippen molar-refractivity contribution in [3.8, 4) is 23.1 Å². The first-order chi connectivity index (χ1) is 18.2. The normalized spacial score (nSPS) is 21.7. The summed E-state index contributed by atoms with van der Waals surface area (Å²) in [7, 11) is 0. The quantitative estimate of drug-likeness (QED) is 0.434. The Bertz CT molecular complexity index is 1200. The van der Waals surface area contributed by atoms with Crippen LogP contribution in [0, 0.1) is 11.3 Å². The van der Waals surface area contributed by atoms with Crippen molar-refractivity contribution in [1.82, 2.24) is 15.3 Å². The predicted octanol–water partition coefficient (Wildman–Crippen LogP) is 5.30. The first kappa shape index (κ1) is 25.0. The molecule has 3 aromatic rings. The average Bonchev–Trinajstić information content (AvgIpc) is 2.95. The van der Waals surface area contributed by atoms with Gasteiger partial charge in [0.2, 0.25) is 12.8 Å². The highest BCUT2D eigenvalue weighted by molar-refractivity contribution is 5.61. The zero-order chi connectivity index (χ0) is 25.5. The third kappa shape index (κ3) is 6.36. The molecule has 1 saturated carbocycles. The second-order valence-electron chi connectivity index (χ2n) is 9.80. The molecule has 8 heteroatoms. The van der Waals surface area contributed by atoms with Crippen LogP contribution >= 0.6 is 0 Å². The van der Waals surface area contributed by atoms with Gasteiger partial charge in [-0.3, -0.25) is 0 Å². The van der Waals surface area contributed by atoms with Crippen molar-refractivity contribution in [3.05, 3.63) is 66.4 Å². The number of nitriles is 1. The molecule has 2 fully saturated rings. The Morgan fingerprint density at radius 2 is 1.76 bits per heavy atom. The van der Waals surface area contributed by atoms with Gasteiger partial charge < -0.3 is 20.3 Å². The number of nitrogens with zero attached hydrogens (tertiary/aromatic N) is 4. The van der Waals surface area contributed by atoms with Gasteiger partial charge in [-0.25, -0.2) is 14.4 Å². The molecule has 3 atom stereocenters. The summed E-state index contributed by atoms with van der Waals surface area (Å²) in [6, 6.07) is 20.3. The van der Waals surface area contributed by atoms with Crippen LogP contribution in [0.15, 0.2) is 60.8 Å². The maximum atomic E-state index is 12.4. The molecule has 0 radical (unpaired) electrons. The molecule has 2 N–H and O–H groups in total. The van der Waals surface area contributed by atoms with Crippen molar-refractivity contribution < 1.29 is 9.13 Å². The predicted molar refractivity (Wildman–Crippen MR) is 143 cm³/mol. The first-order valence-corrected chi connectivity index (χ1v) is 13.1. The summed E-state index contributed by atoms with van der Waals surface area (Å²) in [5.41, 5.74) is 3.62. The molecule has 37 heavy (non-hydrogen) atoms. The van der Waals surface area contributed by atoms with E-state index >= 15 is 0 Å². The summed E-state index contributed by atoms with van der Waals surface area (Å²) in [5, 5.41) is 16.7. The summed E-state index contributed by atoms with van der Waals surface area (Å²) in [4.78, 5) is 11.7. The molecule has 2 aromatic carbocycles. The number of anilines is 2. The van der Waals surface area contributed by atoms with E-state index in [2.05, 4.69) is 38.7 Å². The Labute approximate surface area is 217 Å². The van der Waals surface area contributed by atoms with Gasteiger partial charge in [-0.05, 0) is 80.3 Å². The molecule has 0 amide bonds. The summed E-state index contributed by atoms with van der Waals surface area (Å²) in [6.07, 6.45) is 8.68. The van der Waals surface area contributed by atoms with Crippen LogP contribution in [0.4, 0.5) is 16.0 Å². The minimum atomic E-state index is -0.841. The van der Waals surface area contributed by atoms with E-state index < -0.39 is 6.86 Å². The molecule has 7 nitrogen and oxygen atoms in total. The van der Waals surface area contributed by atoms with Crippen LogP contribution in [0.1, 0.15) is 44.1 Å². The topological polar surface area (TPSA) is 86.1 Å².